The highest BCUT2D eigenvalue weighted by molar-refractivity contribution is 9.10. The van der Waals surface area contributed by atoms with Crippen LogP contribution in [0.5, 0.6) is 5.75 Å². The number of hydrogen-bond acceptors (Lipinski definition) is 2. The predicted molar refractivity (Wildman–Crippen MR) is 92.6 cm³/mol. The van der Waals surface area contributed by atoms with Crippen LogP contribution in [0.4, 0.5) is 10.5 Å². The number of ether oxygens (including phenoxy) is 1. The van der Waals surface area contributed by atoms with E-state index < -0.39 is 0 Å². The second-order valence-electron chi connectivity index (χ2n) is 4.94. The lowest BCUT2D eigenvalue weighted by atomic mass is 10.1. The summed E-state index contributed by atoms with van der Waals surface area (Å²) >= 11 is 3.40. The molecule has 0 aliphatic rings. The van der Waals surface area contributed by atoms with E-state index in [0.29, 0.717) is 6.54 Å². The Morgan fingerprint density at radius 2 is 1.91 bits per heavy atom. The van der Waals surface area contributed by atoms with Crippen LogP contribution in [0.2, 0.25) is 0 Å². The van der Waals surface area contributed by atoms with E-state index in [0.717, 1.165) is 33.5 Å². The van der Waals surface area contributed by atoms with Gasteiger partial charge in [0.05, 0.1) is 7.11 Å². The highest BCUT2D eigenvalue weighted by Gasteiger charge is 2.04. The van der Waals surface area contributed by atoms with Gasteiger partial charge in [-0.25, -0.2) is 4.79 Å². The van der Waals surface area contributed by atoms with Crippen LogP contribution >= 0.6 is 15.9 Å². The van der Waals surface area contributed by atoms with Gasteiger partial charge in [0.15, 0.2) is 0 Å². The third kappa shape index (κ3) is 4.77. The number of benzene rings is 2. The van der Waals surface area contributed by atoms with Gasteiger partial charge < -0.3 is 15.4 Å². The number of aryl methyl sites for hydroxylation is 1. The Hall–Kier alpha value is -2.01. The van der Waals surface area contributed by atoms with Crippen LogP contribution in [0.1, 0.15) is 11.1 Å². The molecule has 0 saturated carbocycles. The maximum absolute atomic E-state index is 11.9. The summed E-state index contributed by atoms with van der Waals surface area (Å²) in [6.45, 7) is 2.53. The molecule has 0 atom stereocenters. The van der Waals surface area contributed by atoms with Crippen molar-refractivity contribution in [3.63, 3.8) is 0 Å². The number of amides is 2. The minimum Gasteiger partial charge on any atom is -0.497 e. The Morgan fingerprint density at radius 3 is 2.55 bits per heavy atom. The lowest BCUT2D eigenvalue weighted by molar-refractivity contribution is 0.252. The Morgan fingerprint density at radius 1 is 1.18 bits per heavy atom. The number of nitrogens with one attached hydrogen (secondary N) is 2. The molecule has 0 bridgehead atoms. The zero-order valence-electron chi connectivity index (χ0n) is 12.7. The highest BCUT2D eigenvalue weighted by atomic mass is 79.9. The molecule has 0 radical (unpaired) electrons. The van der Waals surface area contributed by atoms with E-state index in [9.17, 15) is 4.79 Å². The molecule has 116 valence electrons. The fourth-order valence-corrected chi connectivity index (χ4v) is 2.52. The summed E-state index contributed by atoms with van der Waals surface area (Å²) in [5.74, 6) is 0.833. The number of rotatable bonds is 5. The quantitative estimate of drug-likeness (QED) is 0.839. The van der Waals surface area contributed by atoms with Crippen LogP contribution in [0.25, 0.3) is 0 Å². The van der Waals surface area contributed by atoms with E-state index in [1.165, 1.54) is 0 Å². The fraction of sp³-hybridized carbons (Fsp3) is 0.235. The average Bonchev–Trinajstić information content (AvgIpc) is 2.51. The summed E-state index contributed by atoms with van der Waals surface area (Å²) in [6.07, 6.45) is 0.775. The number of hydrogen-bond donors (Lipinski definition) is 2. The number of halogens is 1. The number of anilines is 1. The minimum absolute atomic E-state index is 0.195. The summed E-state index contributed by atoms with van der Waals surface area (Å²) in [5.41, 5.74) is 2.98. The van der Waals surface area contributed by atoms with Crippen LogP contribution in [0, 0.1) is 6.92 Å². The fourth-order valence-electron chi connectivity index (χ4n) is 2.05. The Balaban J connectivity index is 1.79. The van der Waals surface area contributed by atoms with Gasteiger partial charge in [-0.2, -0.15) is 0 Å². The SMILES string of the molecule is COc1ccc(CCNC(=O)Nc2ccc(Br)cc2C)cc1. The summed E-state index contributed by atoms with van der Waals surface area (Å²) in [5, 5.41) is 5.71. The largest absolute Gasteiger partial charge is 0.497 e. The first-order chi connectivity index (χ1) is 10.6. The van der Waals surface area contributed by atoms with Crippen molar-refractivity contribution in [1.29, 1.82) is 0 Å². The molecule has 5 heteroatoms. The van der Waals surface area contributed by atoms with E-state index in [4.69, 9.17) is 4.74 Å². The van der Waals surface area contributed by atoms with Gasteiger partial charge in [-0.15, -0.1) is 0 Å². The molecule has 0 unspecified atom stereocenters. The molecule has 0 heterocycles. The molecule has 0 spiro atoms. The Bertz CT molecular complexity index is 642. The smallest absolute Gasteiger partial charge is 0.319 e. The van der Waals surface area contributed by atoms with Crippen LogP contribution in [0.15, 0.2) is 46.9 Å². The molecule has 0 aromatic heterocycles. The van der Waals surface area contributed by atoms with Crippen LogP contribution in [-0.4, -0.2) is 19.7 Å². The van der Waals surface area contributed by atoms with Crippen molar-refractivity contribution in [3.8, 4) is 5.75 Å². The average molecular weight is 363 g/mol. The second kappa shape index (κ2) is 7.84. The van der Waals surface area contributed by atoms with Gasteiger partial charge in [0.25, 0.3) is 0 Å². The van der Waals surface area contributed by atoms with E-state index in [-0.39, 0.29) is 6.03 Å². The standard InChI is InChI=1S/C17H19BrN2O2/c1-12-11-14(18)5-8-16(12)20-17(21)19-10-9-13-3-6-15(22-2)7-4-13/h3-8,11H,9-10H2,1-2H3,(H2,19,20,21). The summed E-state index contributed by atoms with van der Waals surface area (Å²) < 4.78 is 6.11. The van der Waals surface area contributed by atoms with Crippen LogP contribution in [0.3, 0.4) is 0 Å². The summed E-state index contributed by atoms with van der Waals surface area (Å²) in [4.78, 5) is 11.9. The lowest BCUT2D eigenvalue weighted by Crippen LogP contribution is -2.30. The molecule has 2 N–H and O–H groups in total. The molecule has 2 aromatic carbocycles. The van der Waals surface area contributed by atoms with Gasteiger partial charge in [0.1, 0.15) is 5.75 Å². The summed E-state index contributed by atoms with van der Waals surface area (Å²) in [6, 6.07) is 13.4. The van der Waals surface area contributed by atoms with Crippen molar-refractivity contribution < 1.29 is 9.53 Å². The van der Waals surface area contributed by atoms with Crippen molar-refractivity contribution in [2.75, 3.05) is 19.0 Å². The number of carbonyl (C=O) groups excluding carboxylic acids is 1. The maximum Gasteiger partial charge on any atom is 0.319 e. The maximum atomic E-state index is 11.9. The van der Waals surface area contributed by atoms with E-state index in [2.05, 4.69) is 26.6 Å². The summed E-state index contributed by atoms with van der Waals surface area (Å²) in [7, 11) is 1.64. The lowest BCUT2D eigenvalue weighted by Gasteiger charge is -2.10. The van der Waals surface area contributed by atoms with Gasteiger partial charge >= 0.3 is 6.03 Å². The molecule has 4 nitrogen and oxygen atoms in total. The molecule has 0 fully saturated rings. The zero-order chi connectivity index (χ0) is 15.9. The van der Waals surface area contributed by atoms with E-state index in [1.807, 2.05) is 49.4 Å². The molecule has 0 aliphatic heterocycles. The van der Waals surface area contributed by atoms with Crippen LogP contribution in [-0.2, 0) is 6.42 Å². The second-order valence-corrected chi connectivity index (χ2v) is 5.85. The monoisotopic (exact) mass is 362 g/mol. The first-order valence-corrected chi connectivity index (χ1v) is 7.81. The highest BCUT2D eigenvalue weighted by Crippen LogP contribution is 2.19. The molecule has 0 aliphatic carbocycles. The first kappa shape index (κ1) is 16.4. The molecule has 22 heavy (non-hydrogen) atoms. The van der Waals surface area contributed by atoms with Crippen molar-refractivity contribution >= 4 is 27.6 Å². The van der Waals surface area contributed by atoms with Crippen LogP contribution < -0.4 is 15.4 Å². The van der Waals surface area contributed by atoms with Crippen molar-refractivity contribution in [3.05, 3.63) is 58.1 Å². The Labute approximate surface area is 139 Å². The van der Waals surface area contributed by atoms with E-state index >= 15 is 0 Å². The zero-order valence-corrected chi connectivity index (χ0v) is 14.2. The van der Waals surface area contributed by atoms with Gasteiger partial charge in [0.2, 0.25) is 0 Å². The number of urea groups is 1. The van der Waals surface area contributed by atoms with Gasteiger partial charge in [-0.05, 0) is 54.8 Å². The van der Waals surface area contributed by atoms with Crippen molar-refractivity contribution in [2.45, 2.75) is 13.3 Å². The predicted octanol–water partition coefficient (Wildman–Crippen LogP) is 4.13. The topological polar surface area (TPSA) is 50.4 Å². The number of carbonyl (C=O) groups is 1. The van der Waals surface area contributed by atoms with Gasteiger partial charge in [-0.1, -0.05) is 28.1 Å². The van der Waals surface area contributed by atoms with Crippen molar-refractivity contribution in [1.82, 2.24) is 5.32 Å². The third-order valence-corrected chi connectivity index (χ3v) is 3.79. The Kier molecular flexibility index (Phi) is 5.83. The minimum atomic E-state index is -0.195. The molecule has 2 rings (SSSR count). The van der Waals surface area contributed by atoms with E-state index in [1.54, 1.807) is 7.11 Å². The van der Waals surface area contributed by atoms with Crippen molar-refractivity contribution in [2.24, 2.45) is 0 Å². The normalized spacial score (nSPS) is 10.1. The molecule has 2 amide bonds. The molecule has 2 aromatic rings. The first-order valence-electron chi connectivity index (χ1n) is 7.02. The molecule has 0 saturated heterocycles. The molecular weight excluding hydrogens is 344 g/mol. The molecular formula is C17H19BrN2O2. The third-order valence-electron chi connectivity index (χ3n) is 3.29. The van der Waals surface area contributed by atoms with Gasteiger partial charge in [-0.3, -0.25) is 0 Å². The van der Waals surface area contributed by atoms with Gasteiger partial charge in [0, 0.05) is 16.7 Å². The number of methoxy groups -OCH3 is 1.